The molecule has 1 amide bonds. The van der Waals surface area contributed by atoms with E-state index in [1.807, 2.05) is 47.2 Å². The molecule has 3 rings (SSSR count). The van der Waals surface area contributed by atoms with Crippen LogP contribution in [0, 0.1) is 5.92 Å². The Hall–Kier alpha value is -3.00. The fraction of sp³-hybridized carbons (Fsp3) is 0.263. The summed E-state index contributed by atoms with van der Waals surface area (Å²) in [4.78, 5) is 27.7. The van der Waals surface area contributed by atoms with Crippen molar-refractivity contribution in [2.24, 2.45) is 5.92 Å². The van der Waals surface area contributed by atoms with Crippen LogP contribution in [0.4, 0.5) is 0 Å². The van der Waals surface area contributed by atoms with Gasteiger partial charge in [-0.25, -0.2) is 0 Å². The first-order chi connectivity index (χ1) is 13.1. The molecular weight excluding hydrogens is 366 g/mol. The van der Waals surface area contributed by atoms with Gasteiger partial charge in [0.25, 0.3) is 0 Å². The molecule has 0 aliphatic carbocycles. The number of amides is 1. The van der Waals surface area contributed by atoms with Gasteiger partial charge >= 0.3 is 5.97 Å². The minimum Gasteiger partial charge on any atom is -0.481 e. The zero-order valence-corrected chi connectivity index (χ0v) is 15.3. The molecule has 0 saturated heterocycles. The SMILES string of the molecule is O=C(CCc1nc(-c2ccsc2)no1)NCC(Cc1ccccc1)C(=O)O. The quantitative estimate of drug-likeness (QED) is 0.587. The fourth-order valence-electron chi connectivity index (χ4n) is 2.56. The molecule has 2 heterocycles. The Morgan fingerprint density at radius 2 is 2.04 bits per heavy atom. The topological polar surface area (TPSA) is 105 Å². The zero-order chi connectivity index (χ0) is 19.1. The highest BCUT2D eigenvalue weighted by Crippen LogP contribution is 2.19. The number of carbonyl (C=O) groups is 2. The lowest BCUT2D eigenvalue weighted by molar-refractivity contribution is -0.141. The largest absolute Gasteiger partial charge is 0.481 e. The first-order valence-electron chi connectivity index (χ1n) is 8.50. The van der Waals surface area contributed by atoms with Crippen molar-refractivity contribution in [3.8, 4) is 11.4 Å². The van der Waals surface area contributed by atoms with Crippen molar-refractivity contribution in [3.05, 3.63) is 58.6 Å². The van der Waals surface area contributed by atoms with Crippen LogP contribution in [0.1, 0.15) is 17.9 Å². The van der Waals surface area contributed by atoms with E-state index >= 15 is 0 Å². The van der Waals surface area contributed by atoms with Crippen LogP contribution in [0.15, 0.2) is 51.7 Å². The van der Waals surface area contributed by atoms with E-state index in [2.05, 4.69) is 15.5 Å². The molecule has 0 spiro atoms. The Bertz CT molecular complexity index is 878. The Labute approximate surface area is 160 Å². The number of nitrogens with zero attached hydrogens (tertiary/aromatic N) is 2. The first kappa shape index (κ1) is 18.8. The van der Waals surface area contributed by atoms with Gasteiger partial charge in [-0.05, 0) is 23.4 Å². The lowest BCUT2D eigenvalue weighted by Gasteiger charge is -2.13. The van der Waals surface area contributed by atoms with Crippen LogP contribution in [0.5, 0.6) is 0 Å². The normalized spacial score (nSPS) is 11.9. The van der Waals surface area contributed by atoms with Crippen LogP contribution in [-0.4, -0.2) is 33.7 Å². The summed E-state index contributed by atoms with van der Waals surface area (Å²) >= 11 is 1.54. The molecule has 1 atom stereocenters. The number of nitrogens with one attached hydrogen (secondary N) is 1. The summed E-state index contributed by atoms with van der Waals surface area (Å²) in [5.41, 5.74) is 1.80. The number of carbonyl (C=O) groups excluding carboxylic acids is 1. The summed E-state index contributed by atoms with van der Waals surface area (Å²) < 4.78 is 5.15. The van der Waals surface area contributed by atoms with Crippen molar-refractivity contribution in [2.75, 3.05) is 6.54 Å². The molecule has 3 aromatic rings. The van der Waals surface area contributed by atoms with Gasteiger partial charge in [0.05, 0.1) is 5.92 Å². The number of aliphatic carboxylic acids is 1. The smallest absolute Gasteiger partial charge is 0.308 e. The second kappa shape index (κ2) is 9.09. The van der Waals surface area contributed by atoms with Gasteiger partial charge in [0.15, 0.2) is 0 Å². The number of thiophene rings is 1. The summed E-state index contributed by atoms with van der Waals surface area (Å²) in [6.07, 6.45) is 0.826. The molecule has 27 heavy (non-hydrogen) atoms. The predicted octanol–water partition coefficient (Wildman–Crippen LogP) is 2.79. The second-order valence-corrected chi connectivity index (χ2v) is 6.83. The van der Waals surface area contributed by atoms with Gasteiger partial charge in [-0.2, -0.15) is 16.3 Å². The van der Waals surface area contributed by atoms with Gasteiger partial charge in [-0.3, -0.25) is 9.59 Å². The Morgan fingerprint density at radius 3 is 2.74 bits per heavy atom. The molecule has 2 N–H and O–H groups in total. The standard InChI is InChI=1S/C19H19N3O4S/c23-16(6-7-17-21-18(22-26-17)14-8-9-27-12-14)20-11-15(19(24)25)10-13-4-2-1-3-5-13/h1-5,8-9,12,15H,6-7,10-11H2,(H,20,23)(H,24,25). The first-order valence-corrected chi connectivity index (χ1v) is 9.44. The number of carboxylic acids is 1. The van der Waals surface area contributed by atoms with Crippen LogP contribution in [0.2, 0.25) is 0 Å². The average Bonchev–Trinajstić information content (AvgIpc) is 3.35. The summed E-state index contributed by atoms with van der Waals surface area (Å²) in [7, 11) is 0. The zero-order valence-electron chi connectivity index (χ0n) is 14.5. The third-order valence-electron chi connectivity index (χ3n) is 4.03. The molecule has 2 aromatic heterocycles. The van der Waals surface area contributed by atoms with Crippen molar-refractivity contribution in [1.82, 2.24) is 15.5 Å². The lowest BCUT2D eigenvalue weighted by atomic mass is 9.99. The maximum absolute atomic E-state index is 12.0. The molecule has 7 nitrogen and oxygen atoms in total. The monoisotopic (exact) mass is 385 g/mol. The van der Waals surface area contributed by atoms with Crippen molar-refractivity contribution in [1.29, 1.82) is 0 Å². The number of rotatable bonds is 9. The Kier molecular flexibility index (Phi) is 6.32. The molecule has 0 aliphatic heterocycles. The Morgan fingerprint density at radius 1 is 1.22 bits per heavy atom. The van der Waals surface area contributed by atoms with Crippen LogP contribution in [0.25, 0.3) is 11.4 Å². The minimum absolute atomic E-state index is 0.0764. The number of aryl methyl sites for hydroxylation is 1. The summed E-state index contributed by atoms with van der Waals surface area (Å²) in [6, 6.07) is 11.2. The van der Waals surface area contributed by atoms with Crippen LogP contribution >= 0.6 is 11.3 Å². The molecule has 0 bridgehead atoms. The summed E-state index contributed by atoms with van der Waals surface area (Å²) in [5, 5.41) is 19.8. The number of benzene rings is 1. The van der Waals surface area contributed by atoms with Crippen LogP contribution in [-0.2, 0) is 22.4 Å². The Balaban J connectivity index is 1.46. The average molecular weight is 385 g/mol. The molecule has 1 aromatic carbocycles. The van der Waals surface area contributed by atoms with Gasteiger partial charge in [-0.1, -0.05) is 35.5 Å². The highest BCUT2D eigenvalue weighted by molar-refractivity contribution is 7.08. The molecule has 0 aliphatic rings. The van der Waals surface area contributed by atoms with E-state index in [4.69, 9.17) is 4.52 Å². The van der Waals surface area contributed by atoms with E-state index < -0.39 is 11.9 Å². The maximum atomic E-state index is 12.0. The van der Waals surface area contributed by atoms with Gasteiger partial charge < -0.3 is 14.9 Å². The minimum atomic E-state index is -0.934. The molecule has 1 unspecified atom stereocenters. The van der Waals surface area contributed by atoms with Crippen molar-refractivity contribution in [2.45, 2.75) is 19.3 Å². The van der Waals surface area contributed by atoms with Crippen molar-refractivity contribution >= 4 is 23.2 Å². The lowest BCUT2D eigenvalue weighted by Crippen LogP contribution is -2.34. The molecule has 140 valence electrons. The van der Waals surface area contributed by atoms with Gasteiger partial charge in [-0.15, -0.1) is 0 Å². The number of carboxylic acid groups (broad SMARTS) is 1. The second-order valence-electron chi connectivity index (χ2n) is 6.05. The van der Waals surface area contributed by atoms with Gasteiger partial charge in [0.1, 0.15) is 0 Å². The molecule has 0 radical (unpaired) electrons. The van der Waals surface area contributed by atoms with E-state index in [1.54, 1.807) is 11.3 Å². The van der Waals surface area contributed by atoms with Gasteiger partial charge in [0.2, 0.25) is 17.6 Å². The van der Waals surface area contributed by atoms with Crippen molar-refractivity contribution < 1.29 is 19.2 Å². The summed E-state index contributed by atoms with van der Waals surface area (Å²) in [5.74, 6) is -0.975. The summed E-state index contributed by atoms with van der Waals surface area (Å²) in [6.45, 7) is 0.0764. The number of aromatic nitrogens is 2. The maximum Gasteiger partial charge on any atom is 0.308 e. The van der Waals surface area contributed by atoms with E-state index in [0.717, 1.165) is 11.1 Å². The fourth-order valence-corrected chi connectivity index (χ4v) is 3.19. The van der Waals surface area contributed by atoms with Gasteiger partial charge in [0, 0.05) is 30.3 Å². The van der Waals surface area contributed by atoms with Crippen molar-refractivity contribution in [3.63, 3.8) is 0 Å². The molecule has 0 saturated carbocycles. The van der Waals surface area contributed by atoms with Crippen LogP contribution in [0.3, 0.4) is 0 Å². The van der Waals surface area contributed by atoms with E-state index in [9.17, 15) is 14.7 Å². The number of hydrogen-bond acceptors (Lipinski definition) is 6. The molecular formula is C19H19N3O4S. The molecule has 8 heteroatoms. The predicted molar refractivity (Wildman–Crippen MR) is 100 cm³/mol. The number of hydrogen-bond donors (Lipinski definition) is 2. The third-order valence-corrected chi connectivity index (χ3v) is 4.72. The van der Waals surface area contributed by atoms with E-state index in [-0.39, 0.29) is 18.9 Å². The van der Waals surface area contributed by atoms with E-state index in [1.165, 1.54) is 0 Å². The van der Waals surface area contributed by atoms with E-state index in [0.29, 0.717) is 24.6 Å². The highest BCUT2D eigenvalue weighted by atomic mass is 32.1. The highest BCUT2D eigenvalue weighted by Gasteiger charge is 2.19. The van der Waals surface area contributed by atoms with Crippen LogP contribution < -0.4 is 5.32 Å². The molecule has 0 fully saturated rings. The third kappa shape index (κ3) is 5.49.